The molecule has 4 rings (SSSR count). The topological polar surface area (TPSA) is 0 Å². The summed E-state index contributed by atoms with van der Waals surface area (Å²) in [5, 5.41) is 0. The first-order chi connectivity index (χ1) is 14.3. The lowest BCUT2D eigenvalue weighted by Gasteiger charge is -2.19. The summed E-state index contributed by atoms with van der Waals surface area (Å²) in [6.45, 7) is 6.72. The monoisotopic (exact) mass is 426 g/mol. The molecule has 0 aromatic heterocycles. The number of thiol groups is 2. The molecule has 0 atom stereocenters. The fourth-order valence-corrected chi connectivity index (χ4v) is 4.20. The van der Waals surface area contributed by atoms with Gasteiger partial charge >= 0.3 is 0 Å². The minimum Gasteiger partial charge on any atom is -0.143 e. The van der Waals surface area contributed by atoms with E-state index in [0.717, 1.165) is 15.4 Å². The average Bonchev–Trinajstić information content (AvgIpc) is 2.74. The highest BCUT2D eigenvalue weighted by molar-refractivity contribution is 7.80. The van der Waals surface area contributed by atoms with Crippen molar-refractivity contribution in [3.63, 3.8) is 0 Å². The largest absolute Gasteiger partial charge is 0.143 e. The van der Waals surface area contributed by atoms with Crippen LogP contribution in [0.5, 0.6) is 0 Å². The van der Waals surface area contributed by atoms with E-state index in [9.17, 15) is 0 Å². The highest BCUT2D eigenvalue weighted by Gasteiger charge is 2.14. The van der Waals surface area contributed by atoms with E-state index in [1.807, 2.05) is 6.07 Å². The van der Waals surface area contributed by atoms with Crippen molar-refractivity contribution in [2.75, 3.05) is 0 Å². The molecule has 2 heteroatoms. The molecule has 0 unspecified atom stereocenters. The first-order valence-corrected chi connectivity index (χ1v) is 11.0. The molecule has 0 aliphatic heterocycles. The van der Waals surface area contributed by atoms with Gasteiger partial charge in [0.1, 0.15) is 0 Å². The van der Waals surface area contributed by atoms with Crippen LogP contribution in [0.4, 0.5) is 0 Å². The van der Waals surface area contributed by atoms with Crippen molar-refractivity contribution < 1.29 is 0 Å². The molecule has 30 heavy (non-hydrogen) atoms. The quantitative estimate of drug-likeness (QED) is 0.301. The zero-order valence-corrected chi connectivity index (χ0v) is 19.3. The Kier molecular flexibility index (Phi) is 5.81. The van der Waals surface area contributed by atoms with Gasteiger partial charge < -0.3 is 0 Å². The normalized spacial score (nSPS) is 11.5. The fraction of sp³-hybridized carbons (Fsp3) is 0.143. The van der Waals surface area contributed by atoms with Gasteiger partial charge in [-0.2, -0.15) is 0 Å². The summed E-state index contributed by atoms with van der Waals surface area (Å²) in [7, 11) is 0. The van der Waals surface area contributed by atoms with E-state index >= 15 is 0 Å². The molecule has 0 radical (unpaired) electrons. The van der Waals surface area contributed by atoms with Crippen molar-refractivity contribution in [3.05, 3.63) is 96.6 Å². The SMILES string of the molecule is CC(C)(C)c1ccc(-c2cc(-c3ccc(S)cc3-c3ccccc3)ccc2S)cc1. The van der Waals surface area contributed by atoms with Gasteiger partial charge in [-0.3, -0.25) is 0 Å². The van der Waals surface area contributed by atoms with Gasteiger partial charge in [-0.15, -0.1) is 25.3 Å². The third kappa shape index (κ3) is 4.35. The molecule has 0 fully saturated rings. The summed E-state index contributed by atoms with van der Waals surface area (Å²) in [5.74, 6) is 0. The van der Waals surface area contributed by atoms with E-state index in [0.29, 0.717) is 0 Å². The molecule has 4 aromatic carbocycles. The summed E-state index contributed by atoms with van der Waals surface area (Å²) in [4.78, 5) is 1.94. The van der Waals surface area contributed by atoms with Crippen molar-refractivity contribution in [2.24, 2.45) is 0 Å². The van der Waals surface area contributed by atoms with Crippen LogP contribution in [0.15, 0.2) is 101 Å². The van der Waals surface area contributed by atoms with Crippen LogP contribution in [0, 0.1) is 0 Å². The summed E-state index contributed by atoms with van der Waals surface area (Å²) in [6.07, 6.45) is 0. The Morgan fingerprint density at radius 3 is 1.83 bits per heavy atom. The standard InChI is InChI=1S/C28H26S2/c1-28(2,3)22-12-9-20(10-13-22)26-17-21(11-16-27(26)30)24-15-14-23(29)18-25(24)19-7-5-4-6-8-19/h4-18,29-30H,1-3H3. The Morgan fingerprint density at radius 2 is 1.17 bits per heavy atom. The van der Waals surface area contributed by atoms with Gasteiger partial charge in [0, 0.05) is 9.79 Å². The Bertz CT molecular complexity index is 1170. The summed E-state index contributed by atoms with van der Waals surface area (Å²) < 4.78 is 0. The first-order valence-electron chi connectivity index (χ1n) is 10.2. The van der Waals surface area contributed by atoms with Crippen LogP contribution in [0.2, 0.25) is 0 Å². The van der Waals surface area contributed by atoms with Gasteiger partial charge in [0.25, 0.3) is 0 Å². The van der Waals surface area contributed by atoms with Crippen LogP contribution in [0.3, 0.4) is 0 Å². The van der Waals surface area contributed by atoms with E-state index in [2.05, 4.69) is 118 Å². The molecule has 0 amide bonds. The van der Waals surface area contributed by atoms with Gasteiger partial charge in [-0.25, -0.2) is 0 Å². The van der Waals surface area contributed by atoms with E-state index in [1.165, 1.54) is 33.4 Å². The molecule has 0 N–H and O–H groups in total. The van der Waals surface area contributed by atoms with Crippen LogP contribution in [0.1, 0.15) is 26.3 Å². The van der Waals surface area contributed by atoms with Crippen LogP contribution >= 0.6 is 25.3 Å². The molecule has 0 saturated heterocycles. The third-order valence-electron chi connectivity index (χ3n) is 5.46. The minimum atomic E-state index is 0.142. The zero-order chi connectivity index (χ0) is 21.3. The maximum absolute atomic E-state index is 4.75. The van der Waals surface area contributed by atoms with Crippen LogP contribution < -0.4 is 0 Å². The molecule has 0 saturated carbocycles. The predicted molar refractivity (Wildman–Crippen MR) is 136 cm³/mol. The molecular weight excluding hydrogens is 400 g/mol. The highest BCUT2D eigenvalue weighted by atomic mass is 32.1. The zero-order valence-electron chi connectivity index (χ0n) is 17.6. The smallest absolute Gasteiger partial charge is 0.0119 e. The molecule has 0 bridgehead atoms. The summed E-state index contributed by atoms with van der Waals surface area (Å²) >= 11 is 9.33. The van der Waals surface area contributed by atoms with Crippen molar-refractivity contribution in [1.82, 2.24) is 0 Å². The van der Waals surface area contributed by atoms with Gasteiger partial charge in [0.15, 0.2) is 0 Å². The Morgan fingerprint density at radius 1 is 0.533 bits per heavy atom. The third-order valence-corrected chi connectivity index (χ3v) is 6.13. The first kappa shape index (κ1) is 20.8. The molecule has 0 spiro atoms. The summed E-state index contributed by atoms with van der Waals surface area (Å²) in [6, 6.07) is 32.2. The molecule has 0 aliphatic carbocycles. The lowest BCUT2D eigenvalue weighted by atomic mass is 9.86. The Hall–Kier alpha value is -2.42. The lowest BCUT2D eigenvalue weighted by Crippen LogP contribution is -2.10. The number of rotatable bonds is 3. The number of benzene rings is 4. The Labute approximate surface area is 190 Å². The Balaban J connectivity index is 1.82. The predicted octanol–water partition coefficient (Wildman–Crippen LogP) is 8.56. The van der Waals surface area contributed by atoms with E-state index in [-0.39, 0.29) is 5.41 Å². The number of hydrogen-bond donors (Lipinski definition) is 2. The molecule has 150 valence electrons. The van der Waals surface area contributed by atoms with Crippen LogP contribution in [-0.2, 0) is 5.41 Å². The van der Waals surface area contributed by atoms with Gasteiger partial charge in [0.05, 0.1) is 0 Å². The second-order valence-electron chi connectivity index (χ2n) is 8.66. The van der Waals surface area contributed by atoms with E-state index in [4.69, 9.17) is 12.6 Å². The van der Waals surface area contributed by atoms with Crippen molar-refractivity contribution in [3.8, 4) is 33.4 Å². The van der Waals surface area contributed by atoms with Crippen molar-refractivity contribution in [2.45, 2.75) is 36.0 Å². The second kappa shape index (κ2) is 8.37. The van der Waals surface area contributed by atoms with Gasteiger partial charge in [-0.05, 0) is 68.6 Å². The average molecular weight is 427 g/mol. The van der Waals surface area contributed by atoms with Gasteiger partial charge in [0.2, 0.25) is 0 Å². The van der Waals surface area contributed by atoms with Gasteiger partial charge in [-0.1, -0.05) is 87.5 Å². The fourth-order valence-electron chi connectivity index (χ4n) is 3.73. The lowest BCUT2D eigenvalue weighted by molar-refractivity contribution is 0.590. The van der Waals surface area contributed by atoms with Crippen molar-refractivity contribution >= 4 is 25.3 Å². The van der Waals surface area contributed by atoms with Crippen LogP contribution in [-0.4, -0.2) is 0 Å². The maximum Gasteiger partial charge on any atom is 0.0119 e. The molecule has 0 heterocycles. The van der Waals surface area contributed by atoms with E-state index in [1.54, 1.807) is 0 Å². The number of hydrogen-bond acceptors (Lipinski definition) is 2. The highest BCUT2D eigenvalue weighted by Crippen LogP contribution is 2.38. The maximum atomic E-state index is 4.75. The molecule has 0 aliphatic rings. The van der Waals surface area contributed by atoms with Crippen molar-refractivity contribution in [1.29, 1.82) is 0 Å². The second-order valence-corrected chi connectivity index (χ2v) is 9.65. The summed E-state index contributed by atoms with van der Waals surface area (Å²) in [5.41, 5.74) is 8.54. The minimum absolute atomic E-state index is 0.142. The van der Waals surface area contributed by atoms with Crippen LogP contribution in [0.25, 0.3) is 33.4 Å². The molecular formula is C28H26S2. The molecule has 0 nitrogen and oxygen atoms in total. The van der Waals surface area contributed by atoms with E-state index < -0.39 is 0 Å². The molecule has 4 aromatic rings.